The van der Waals surface area contributed by atoms with Gasteiger partial charge in [0, 0.05) is 19.2 Å². The van der Waals surface area contributed by atoms with E-state index in [0.717, 1.165) is 26.2 Å². The fraction of sp³-hybridized carbons (Fsp3) is 1.00. The molecular formula is C9H21NO2Si. The Labute approximate surface area is 82.5 Å². The van der Waals surface area contributed by atoms with Crippen LogP contribution in [0.1, 0.15) is 13.3 Å². The summed E-state index contributed by atoms with van der Waals surface area (Å²) in [4.78, 5) is 0. The molecule has 0 radical (unpaired) electrons. The van der Waals surface area contributed by atoms with Gasteiger partial charge in [0.25, 0.3) is 0 Å². The zero-order valence-corrected chi connectivity index (χ0v) is 10.0. The third-order valence-electron chi connectivity index (χ3n) is 2.19. The van der Waals surface area contributed by atoms with Gasteiger partial charge in [-0.1, -0.05) is 0 Å². The molecule has 3 nitrogen and oxygen atoms in total. The highest BCUT2D eigenvalue weighted by molar-refractivity contribution is 6.48. The van der Waals surface area contributed by atoms with E-state index in [-0.39, 0.29) is 0 Å². The number of nitrogens with one attached hydrogen (secondary N) is 1. The minimum atomic E-state index is -0.823. The normalized spacial score (nSPS) is 29.5. The second-order valence-corrected chi connectivity index (χ2v) is 6.39. The summed E-state index contributed by atoms with van der Waals surface area (Å²) in [6, 6.07) is 0.504. The van der Waals surface area contributed by atoms with E-state index in [1.807, 2.05) is 0 Å². The predicted molar refractivity (Wildman–Crippen MR) is 56.7 cm³/mol. The molecule has 1 aliphatic heterocycles. The number of hydrogen-bond donors (Lipinski definition) is 1. The maximum atomic E-state index is 5.61. The molecule has 4 heteroatoms. The van der Waals surface area contributed by atoms with Crippen LogP contribution in [0.5, 0.6) is 0 Å². The lowest BCUT2D eigenvalue weighted by molar-refractivity contribution is 0.0107. The molecule has 78 valence electrons. The topological polar surface area (TPSA) is 30.5 Å². The van der Waals surface area contributed by atoms with E-state index >= 15 is 0 Å². The molecule has 2 atom stereocenters. The van der Waals surface area contributed by atoms with Crippen LogP contribution in [0.3, 0.4) is 0 Å². The predicted octanol–water partition coefficient (Wildman–Crippen LogP) is 0.753. The average Bonchev–Trinajstić information content (AvgIpc) is 2.08. The van der Waals surface area contributed by atoms with Gasteiger partial charge in [-0.05, 0) is 26.4 Å². The van der Waals surface area contributed by atoms with Crippen LogP contribution in [0.2, 0.25) is 13.1 Å². The highest BCUT2D eigenvalue weighted by Crippen LogP contribution is 2.03. The Morgan fingerprint density at radius 2 is 2.31 bits per heavy atom. The molecule has 0 aliphatic carbocycles. The van der Waals surface area contributed by atoms with Gasteiger partial charge in [0.2, 0.25) is 0 Å². The Morgan fingerprint density at radius 3 is 2.85 bits per heavy atom. The maximum Gasteiger partial charge on any atom is 0.170 e. The fourth-order valence-corrected chi connectivity index (χ4v) is 1.97. The standard InChI is InChI=1S/C9H21NO2Si/c1-8-6-10-9(7-11-8)4-5-12-13(2)3/h8-10,13H,4-7H2,1-3H3. The first-order chi connectivity index (χ1) is 6.18. The molecule has 1 heterocycles. The van der Waals surface area contributed by atoms with Gasteiger partial charge in [-0.25, -0.2) is 0 Å². The summed E-state index contributed by atoms with van der Waals surface area (Å²) in [5, 5.41) is 3.45. The molecule has 1 saturated heterocycles. The first-order valence-electron chi connectivity index (χ1n) is 5.15. The largest absolute Gasteiger partial charge is 0.421 e. The van der Waals surface area contributed by atoms with Crippen molar-refractivity contribution in [3.05, 3.63) is 0 Å². The monoisotopic (exact) mass is 203 g/mol. The third-order valence-corrected chi connectivity index (χ3v) is 3.10. The lowest BCUT2D eigenvalue weighted by atomic mass is 10.2. The van der Waals surface area contributed by atoms with E-state index in [0.29, 0.717) is 12.1 Å². The summed E-state index contributed by atoms with van der Waals surface area (Å²) in [5.41, 5.74) is 0. The smallest absolute Gasteiger partial charge is 0.170 e. The zero-order valence-electron chi connectivity index (χ0n) is 8.88. The molecule has 0 saturated carbocycles. The molecule has 0 amide bonds. The summed E-state index contributed by atoms with van der Waals surface area (Å²) < 4.78 is 11.2. The second kappa shape index (κ2) is 5.75. The van der Waals surface area contributed by atoms with Gasteiger partial charge in [0.15, 0.2) is 9.04 Å². The van der Waals surface area contributed by atoms with Gasteiger partial charge in [-0.2, -0.15) is 0 Å². The molecular weight excluding hydrogens is 182 g/mol. The van der Waals surface area contributed by atoms with Crippen molar-refractivity contribution in [2.45, 2.75) is 38.6 Å². The summed E-state index contributed by atoms with van der Waals surface area (Å²) in [6.45, 7) is 9.20. The molecule has 1 rings (SSSR count). The quantitative estimate of drug-likeness (QED) is 0.684. The highest BCUT2D eigenvalue weighted by Gasteiger charge is 2.17. The van der Waals surface area contributed by atoms with E-state index < -0.39 is 9.04 Å². The van der Waals surface area contributed by atoms with Crippen LogP contribution in [-0.4, -0.2) is 40.9 Å². The van der Waals surface area contributed by atoms with E-state index in [9.17, 15) is 0 Å². The van der Waals surface area contributed by atoms with Crippen LogP contribution in [-0.2, 0) is 9.16 Å². The SMILES string of the molecule is CC1CNC(CCO[SiH](C)C)CO1. The van der Waals surface area contributed by atoms with E-state index in [1.165, 1.54) is 0 Å². The van der Waals surface area contributed by atoms with E-state index in [2.05, 4.69) is 25.3 Å². The van der Waals surface area contributed by atoms with Crippen molar-refractivity contribution in [1.82, 2.24) is 5.32 Å². The first-order valence-corrected chi connectivity index (χ1v) is 7.93. The Bertz CT molecular complexity index is 136. The maximum absolute atomic E-state index is 5.61. The number of hydrogen-bond acceptors (Lipinski definition) is 3. The molecule has 0 bridgehead atoms. The van der Waals surface area contributed by atoms with Crippen molar-refractivity contribution in [3.8, 4) is 0 Å². The first kappa shape index (κ1) is 11.2. The van der Waals surface area contributed by atoms with Crippen LogP contribution in [0.25, 0.3) is 0 Å². The molecule has 0 aromatic heterocycles. The van der Waals surface area contributed by atoms with Crippen molar-refractivity contribution >= 4 is 9.04 Å². The van der Waals surface area contributed by atoms with Crippen LogP contribution in [0, 0.1) is 0 Å². The van der Waals surface area contributed by atoms with E-state index in [4.69, 9.17) is 9.16 Å². The van der Waals surface area contributed by atoms with Gasteiger partial charge in [-0.3, -0.25) is 0 Å². The molecule has 2 unspecified atom stereocenters. The highest BCUT2D eigenvalue weighted by atomic mass is 28.3. The van der Waals surface area contributed by atoms with Crippen molar-refractivity contribution in [3.63, 3.8) is 0 Å². The Kier molecular flexibility index (Phi) is 4.94. The minimum Gasteiger partial charge on any atom is -0.421 e. The van der Waals surface area contributed by atoms with Crippen LogP contribution in [0.4, 0.5) is 0 Å². The molecule has 1 aliphatic rings. The van der Waals surface area contributed by atoms with Crippen LogP contribution in [0.15, 0.2) is 0 Å². The van der Waals surface area contributed by atoms with Gasteiger partial charge < -0.3 is 14.5 Å². The number of morpholine rings is 1. The average molecular weight is 203 g/mol. The fourth-order valence-electron chi connectivity index (χ4n) is 1.36. The molecule has 0 spiro atoms. The van der Waals surface area contributed by atoms with Gasteiger partial charge in [-0.15, -0.1) is 0 Å². The Balaban J connectivity index is 2.02. The van der Waals surface area contributed by atoms with Crippen molar-refractivity contribution in [1.29, 1.82) is 0 Å². The van der Waals surface area contributed by atoms with Gasteiger partial charge >= 0.3 is 0 Å². The van der Waals surface area contributed by atoms with Crippen LogP contribution < -0.4 is 5.32 Å². The summed E-state index contributed by atoms with van der Waals surface area (Å²) in [7, 11) is -0.823. The lowest BCUT2D eigenvalue weighted by Crippen LogP contribution is -2.45. The second-order valence-electron chi connectivity index (χ2n) is 3.96. The Hall–Kier alpha value is 0.0969. The van der Waals surface area contributed by atoms with Gasteiger partial charge in [0.05, 0.1) is 12.7 Å². The van der Waals surface area contributed by atoms with E-state index in [1.54, 1.807) is 0 Å². The van der Waals surface area contributed by atoms with Crippen molar-refractivity contribution in [2.75, 3.05) is 19.8 Å². The number of rotatable bonds is 4. The Morgan fingerprint density at radius 1 is 1.54 bits per heavy atom. The summed E-state index contributed by atoms with van der Waals surface area (Å²) in [5.74, 6) is 0. The van der Waals surface area contributed by atoms with Crippen molar-refractivity contribution in [2.24, 2.45) is 0 Å². The molecule has 13 heavy (non-hydrogen) atoms. The molecule has 1 N–H and O–H groups in total. The molecule has 1 fully saturated rings. The minimum absolute atomic E-state index is 0.372. The van der Waals surface area contributed by atoms with Crippen molar-refractivity contribution < 1.29 is 9.16 Å². The van der Waals surface area contributed by atoms with Crippen LogP contribution >= 0.6 is 0 Å². The zero-order chi connectivity index (χ0) is 9.68. The summed E-state index contributed by atoms with van der Waals surface area (Å²) in [6.07, 6.45) is 1.45. The molecule has 0 aromatic carbocycles. The molecule has 0 aromatic rings. The lowest BCUT2D eigenvalue weighted by Gasteiger charge is -2.28. The van der Waals surface area contributed by atoms with Gasteiger partial charge in [0.1, 0.15) is 0 Å². The number of ether oxygens (including phenoxy) is 1. The third kappa shape index (κ3) is 4.76. The summed E-state index contributed by atoms with van der Waals surface area (Å²) >= 11 is 0.